The average Bonchev–Trinajstić information content (AvgIpc) is 2.08. The molecule has 0 aromatic carbocycles. The van der Waals surface area contributed by atoms with E-state index in [1.807, 2.05) is 0 Å². The summed E-state index contributed by atoms with van der Waals surface area (Å²) >= 11 is 0. The van der Waals surface area contributed by atoms with Gasteiger partial charge in [0.1, 0.15) is 18.3 Å². The van der Waals surface area contributed by atoms with Gasteiger partial charge in [0, 0.05) is 0 Å². The van der Waals surface area contributed by atoms with E-state index in [2.05, 4.69) is 4.52 Å². The summed E-state index contributed by atoms with van der Waals surface area (Å²) in [5.74, 6) is 0. The van der Waals surface area contributed by atoms with Crippen LogP contribution < -0.4 is 0 Å². The van der Waals surface area contributed by atoms with Crippen molar-refractivity contribution in [2.24, 2.45) is 0 Å². The van der Waals surface area contributed by atoms with Gasteiger partial charge in [0.15, 0.2) is 6.29 Å². The van der Waals surface area contributed by atoms with Crippen molar-refractivity contribution in [3.63, 3.8) is 0 Å². The number of ether oxygens (including phenoxy) is 1. The number of rotatable bonds is 2. The number of phosphoric ester groups is 1. The monoisotopic (exact) mass is 244 g/mol. The van der Waals surface area contributed by atoms with Gasteiger partial charge in [0.25, 0.3) is 0 Å². The van der Waals surface area contributed by atoms with Crippen LogP contribution >= 0.6 is 7.82 Å². The second-order valence-corrected chi connectivity index (χ2v) is 4.47. The van der Waals surface area contributed by atoms with Gasteiger partial charge in [-0.2, -0.15) is 0 Å². The van der Waals surface area contributed by atoms with Gasteiger partial charge in [0.2, 0.25) is 0 Å². The van der Waals surface area contributed by atoms with Crippen LogP contribution in [0, 0.1) is 0 Å². The van der Waals surface area contributed by atoms with Crippen LogP contribution in [0.3, 0.4) is 0 Å². The van der Waals surface area contributed by atoms with Crippen LogP contribution in [0.2, 0.25) is 0 Å². The summed E-state index contributed by atoms with van der Waals surface area (Å²) in [6.45, 7) is 1.37. The zero-order valence-electron chi connectivity index (χ0n) is 7.79. The topological polar surface area (TPSA) is 137 Å². The first-order valence-electron chi connectivity index (χ1n) is 4.16. The summed E-state index contributed by atoms with van der Waals surface area (Å²) in [7, 11) is -4.82. The first-order chi connectivity index (χ1) is 6.72. The fourth-order valence-electron chi connectivity index (χ4n) is 1.24. The summed E-state index contributed by atoms with van der Waals surface area (Å²) in [6.07, 6.45) is -7.20. The smallest absolute Gasteiger partial charge is 0.388 e. The molecule has 0 aromatic rings. The molecule has 0 amide bonds. The number of hydrogen-bond acceptors (Lipinski definition) is 6. The highest BCUT2D eigenvalue weighted by Crippen LogP contribution is 2.40. The van der Waals surface area contributed by atoms with E-state index in [0.29, 0.717) is 0 Å². The highest BCUT2D eigenvalue weighted by molar-refractivity contribution is 7.46. The third-order valence-corrected chi connectivity index (χ3v) is 2.53. The molecule has 0 spiro atoms. The van der Waals surface area contributed by atoms with Gasteiger partial charge in [-0.3, -0.25) is 4.52 Å². The van der Waals surface area contributed by atoms with E-state index < -0.39 is 38.5 Å². The molecule has 0 radical (unpaired) electrons. The Balaban J connectivity index is 2.71. The van der Waals surface area contributed by atoms with E-state index in [4.69, 9.17) is 14.5 Å². The third kappa shape index (κ3) is 3.20. The Labute approximate surface area is 85.3 Å². The maximum absolute atomic E-state index is 10.5. The molecule has 0 bridgehead atoms. The van der Waals surface area contributed by atoms with E-state index in [9.17, 15) is 19.9 Å². The van der Waals surface area contributed by atoms with Crippen molar-refractivity contribution in [1.29, 1.82) is 0 Å². The molecule has 0 saturated carbocycles. The lowest BCUT2D eigenvalue weighted by Crippen LogP contribution is -2.57. The first kappa shape index (κ1) is 13.0. The minimum Gasteiger partial charge on any atom is -0.388 e. The summed E-state index contributed by atoms with van der Waals surface area (Å²) in [4.78, 5) is 17.0. The van der Waals surface area contributed by atoms with Crippen LogP contribution in [0.4, 0.5) is 0 Å². The largest absolute Gasteiger partial charge is 0.472 e. The summed E-state index contributed by atoms with van der Waals surface area (Å²) in [5.41, 5.74) is 0. The molecular formula is C6H13O8P. The molecule has 0 aliphatic carbocycles. The normalized spacial score (nSPS) is 42.9. The zero-order chi connectivity index (χ0) is 11.8. The zero-order valence-corrected chi connectivity index (χ0v) is 8.69. The molecule has 1 unspecified atom stereocenters. The van der Waals surface area contributed by atoms with Crippen molar-refractivity contribution in [2.75, 3.05) is 0 Å². The fraction of sp³-hybridized carbons (Fsp3) is 1.00. The van der Waals surface area contributed by atoms with Crippen LogP contribution in [0.25, 0.3) is 0 Å². The van der Waals surface area contributed by atoms with Gasteiger partial charge >= 0.3 is 7.82 Å². The van der Waals surface area contributed by atoms with E-state index in [1.54, 1.807) is 0 Å². The minimum absolute atomic E-state index is 0.903. The van der Waals surface area contributed by atoms with Crippen LogP contribution in [0.5, 0.6) is 0 Å². The Morgan fingerprint density at radius 1 is 1.13 bits per heavy atom. The van der Waals surface area contributed by atoms with Gasteiger partial charge in [-0.05, 0) is 6.92 Å². The van der Waals surface area contributed by atoms with Crippen molar-refractivity contribution < 1.29 is 38.9 Å². The van der Waals surface area contributed by atoms with Crippen molar-refractivity contribution in [2.45, 2.75) is 37.6 Å². The van der Waals surface area contributed by atoms with Crippen molar-refractivity contribution >= 4 is 7.82 Å². The number of hydrogen-bond donors (Lipinski definition) is 5. The molecule has 1 saturated heterocycles. The predicted molar refractivity (Wildman–Crippen MR) is 45.5 cm³/mol. The first-order valence-corrected chi connectivity index (χ1v) is 5.69. The van der Waals surface area contributed by atoms with E-state index in [0.717, 1.165) is 0 Å². The lowest BCUT2D eigenvalue weighted by atomic mass is 10.0. The van der Waals surface area contributed by atoms with Crippen LogP contribution in [-0.4, -0.2) is 55.8 Å². The predicted octanol–water partition coefficient (Wildman–Crippen LogP) is -2.08. The van der Waals surface area contributed by atoms with E-state index in [-0.39, 0.29) is 0 Å². The molecule has 1 fully saturated rings. The Bertz CT molecular complexity index is 264. The summed E-state index contributed by atoms with van der Waals surface area (Å²) < 4.78 is 19.4. The van der Waals surface area contributed by atoms with Crippen LogP contribution in [0.15, 0.2) is 0 Å². The number of aliphatic hydroxyl groups is 3. The average molecular weight is 244 g/mol. The quantitative estimate of drug-likeness (QED) is 0.349. The van der Waals surface area contributed by atoms with Crippen LogP contribution in [0.1, 0.15) is 6.92 Å². The van der Waals surface area contributed by atoms with Gasteiger partial charge in [-0.1, -0.05) is 0 Å². The highest BCUT2D eigenvalue weighted by atomic mass is 31.2. The number of phosphoric acid groups is 1. The molecule has 1 aliphatic rings. The Kier molecular flexibility index (Phi) is 3.85. The molecule has 1 heterocycles. The van der Waals surface area contributed by atoms with Gasteiger partial charge < -0.3 is 29.8 Å². The number of aliphatic hydroxyl groups excluding tert-OH is 3. The molecule has 5 N–H and O–H groups in total. The maximum atomic E-state index is 10.5. The second kappa shape index (κ2) is 4.44. The summed E-state index contributed by atoms with van der Waals surface area (Å²) in [6, 6.07) is 0. The van der Waals surface area contributed by atoms with E-state index in [1.165, 1.54) is 6.92 Å². The molecule has 1 aliphatic heterocycles. The molecular weight excluding hydrogens is 231 g/mol. The van der Waals surface area contributed by atoms with Crippen LogP contribution in [-0.2, 0) is 13.8 Å². The lowest BCUT2D eigenvalue weighted by molar-refractivity contribution is -0.271. The fourth-order valence-corrected chi connectivity index (χ4v) is 1.68. The Morgan fingerprint density at radius 2 is 1.67 bits per heavy atom. The second-order valence-electron chi connectivity index (χ2n) is 3.28. The summed E-state index contributed by atoms with van der Waals surface area (Å²) in [5, 5.41) is 27.8. The van der Waals surface area contributed by atoms with E-state index >= 15 is 0 Å². The molecule has 8 nitrogen and oxygen atoms in total. The highest BCUT2D eigenvalue weighted by Gasteiger charge is 2.44. The van der Waals surface area contributed by atoms with Gasteiger partial charge in [-0.25, -0.2) is 4.57 Å². The molecule has 5 atom stereocenters. The Hall–Kier alpha value is -0.0500. The van der Waals surface area contributed by atoms with Crippen molar-refractivity contribution in [3.05, 3.63) is 0 Å². The Morgan fingerprint density at radius 3 is 2.13 bits per heavy atom. The van der Waals surface area contributed by atoms with Gasteiger partial charge in [-0.15, -0.1) is 0 Å². The van der Waals surface area contributed by atoms with Crippen molar-refractivity contribution in [1.82, 2.24) is 0 Å². The third-order valence-electron chi connectivity index (χ3n) is 2.05. The standard InChI is InChI=1S/C6H13O8P/c1-2-3(7)4(8)5(9)6(13-2)14-15(10,11)12/h2-9H,1H3,(H2,10,11,12)/t2-,3-,4+,5+,6?/m0/s1. The van der Waals surface area contributed by atoms with Crippen molar-refractivity contribution in [3.8, 4) is 0 Å². The molecule has 90 valence electrons. The maximum Gasteiger partial charge on any atom is 0.472 e. The molecule has 0 aromatic heterocycles. The lowest BCUT2D eigenvalue weighted by Gasteiger charge is -2.38. The molecule has 15 heavy (non-hydrogen) atoms. The molecule has 1 rings (SSSR count). The van der Waals surface area contributed by atoms with Gasteiger partial charge in [0.05, 0.1) is 6.10 Å². The molecule has 9 heteroatoms. The minimum atomic E-state index is -4.82. The SMILES string of the molecule is C[C@@H]1OC(OP(=O)(O)O)[C@H](O)[C@H](O)[C@H]1O.